The van der Waals surface area contributed by atoms with Crippen LogP contribution >= 0.6 is 11.8 Å². The lowest BCUT2D eigenvalue weighted by atomic mass is 10.2. The Labute approximate surface area is 147 Å². The van der Waals surface area contributed by atoms with Gasteiger partial charge in [-0.25, -0.2) is 10.4 Å². The van der Waals surface area contributed by atoms with Gasteiger partial charge in [0.05, 0.1) is 22.5 Å². The molecule has 1 heterocycles. The summed E-state index contributed by atoms with van der Waals surface area (Å²) in [5, 5.41) is 23.0. The first-order valence-corrected chi connectivity index (χ1v) is 8.37. The molecule has 0 fully saturated rings. The summed E-state index contributed by atoms with van der Waals surface area (Å²) in [6, 6.07) is 11.7. The van der Waals surface area contributed by atoms with Crippen LogP contribution in [0.3, 0.4) is 0 Å². The number of rotatable bonds is 5. The Hall–Kier alpha value is -3.00. The SMILES string of the molecule is C[C@H](Sc1nc2ccccc2[nH]1)C(=O)NN=Cc1ccc(O)cc1O. The van der Waals surface area contributed by atoms with Gasteiger partial charge in [0, 0.05) is 11.6 Å². The third kappa shape index (κ3) is 4.10. The third-order valence-electron chi connectivity index (χ3n) is 3.42. The Morgan fingerprint density at radius 2 is 2.12 bits per heavy atom. The molecule has 1 aromatic heterocycles. The maximum absolute atomic E-state index is 12.1. The predicted octanol–water partition coefficient (Wildman–Crippen LogP) is 2.60. The number of benzene rings is 2. The van der Waals surface area contributed by atoms with E-state index in [2.05, 4.69) is 20.5 Å². The number of hydrogen-bond acceptors (Lipinski definition) is 6. The van der Waals surface area contributed by atoms with E-state index in [1.54, 1.807) is 6.92 Å². The van der Waals surface area contributed by atoms with Gasteiger partial charge in [0.2, 0.25) is 0 Å². The summed E-state index contributed by atoms with van der Waals surface area (Å²) in [5.74, 6) is -0.461. The summed E-state index contributed by atoms with van der Waals surface area (Å²) < 4.78 is 0. The molecule has 0 aliphatic rings. The molecule has 1 atom stereocenters. The molecule has 0 aliphatic carbocycles. The number of hydrazone groups is 1. The maximum Gasteiger partial charge on any atom is 0.253 e. The van der Waals surface area contributed by atoms with E-state index in [9.17, 15) is 15.0 Å². The fraction of sp³-hybridized carbons (Fsp3) is 0.118. The van der Waals surface area contributed by atoms with Crippen molar-refractivity contribution in [1.29, 1.82) is 0 Å². The molecule has 0 bridgehead atoms. The lowest BCUT2D eigenvalue weighted by Gasteiger charge is -2.07. The van der Waals surface area contributed by atoms with Crippen molar-refractivity contribution in [2.24, 2.45) is 5.10 Å². The van der Waals surface area contributed by atoms with Crippen molar-refractivity contribution in [3.8, 4) is 11.5 Å². The number of imidazole rings is 1. The quantitative estimate of drug-likeness (QED) is 0.319. The second-order valence-electron chi connectivity index (χ2n) is 5.30. The van der Waals surface area contributed by atoms with Crippen LogP contribution in [0, 0.1) is 0 Å². The van der Waals surface area contributed by atoms with Crippen LogP contribution in [0.1, 0.15) is 12.5 Å². The number of para-hydroxylation sites is 2. The van der Waals surface area contributed by atoms with E-state index in [4.69, 9.17) is 0 Å². The van der Waals surface area contributed by atoms with Gasteiger partial charge < -0.3 is 15.2 Å². The molecule has 3 rings (SSSR count). The minimum atomic E-state index is -0.411. The second kappa shape index (κ2) is 7.27. The van der Waals surface area contributed by atoms with Crippen LogP contribution in [0.2, 0.25) is 0 Å². The number of nitrogens with one attached hydrogen (secondary N) is 2. The minimum Gasteiger partial charge on any atom is -0.508 e. The number of aromatic nitrogens is 2. The van der Waals surface area contributed by atoms with Crippen LogP contribution in [0.4, 0.5) is 0 Å². The summed E-state index contributed by atoms with van der Waals surface area (Å²) in [4.78, 5) is 19.7. The van der Waals surface area contributed by atoms with Crippen molar-refractivity contribution >= 4 is 34.9 Å². The highest BCUT2D eigenvalue weighted by molar-refractivity contribution is 8.00. The number of carbonyl (C=O) groups excluding carboxylic acids is 1. The first-order chi connectivity index (χ1) is 12.0. The molecule has 8 heteroatoms. The zero-order valence-corrected chi connectivity index (χ0v) is 14.1. The molecule has 0 saturated heterocycles. The average Bonchev–Trinajstić information content (AvgIpc) is 2.98. The summed E-state index contributed by atoms with van der Waals surface area (Å²) in [6.07, 6.45) is 1.31. The Balaban J connectivity index is 1.59. The Morgan fingerprint density at radius 3 is 2.88 bits per heavy atom. The molecule has 25 heavy (non-hydrogen) atoms. The number of phenolic OH excluding ortho intramolecular Hbond substituents is 2. The van der Waals surface area contributed by atoms with E-state index in [1.807, 2.05) is 24.3 Å². The molecule has 128 valence electrons. The van der Waals surface area contributed by atoms with E-state index < -0.39 is 5.25 Å². The van der Waals surface area contributed by atoms with E-state index >= 15 is 0 Å². The van der Waals surface area contributed by atoms with Gasteiger partial charge in [0.25, 0.3) is 5.91 Å². The van der Waals surface area contributed by atoms with Crippen molar-refractivity contribution in [3.63, 3.8) is 0 Å². The lowest BCUT2D eigenvalue weighted by molar-refractivity contribution is -0.120. The van der Waals surface area contributed by atoms with E-state index in [0.29, 0.717) is 10.7 Å². The number of hydrogen-bond donors (Lipinski definition) is 4. The molecule has 0 saturated carbocycles. The highest BCUT2D eigenvalue weighted by atomic mass is 32.2. The first kappa shape index (κ1) is 16.8. The summed E-state index contributed by atoms with van der Waals surface area (Å²) in [5.41, 5.74) is 4.57. The summed E-state index contributed by atoms with van der Waals surface area (Å²) in [7, 11) is 0. The van der Waals surface area contributed by atoms with Gasteiger partial charge in [-0.3, -0.25) is 4.79 Å². The van der Waals surface area contributed by atoms with E-state index in [-0.39, 0.29) is 17.4 Å². The standard InChI is InChI=1S/C17H16N4O3S/c1-10(25-17-19-13-4-2-3-5-14(13)20-17)16(24)21-18-9-11-6-7-12(22)8-15(11)23/h2-10,22-23H,1H3,(H,19,20)(H,21,24)/t10-/m0/s1. The average molecular weight is 356 g/mol. The lowest BCUT2D eigenvalue weighted by Crippen LogP contribution is -2.26. The van der Waals surface area contributed by atoms with Crippen molar-refractivity contribution < 1.29 is 15.0 Å². The van der Waals surface area contributed by atoms with Crippen LogP contribution in [0.5, 0.6) is 11.5 Å². The van der Waals surface area contributed by atoms with Gasteiger partial charge in [-0.1, -0.05) is 23.9 Å². The fourth-order valence-corrected chi connectivity index (χ4v) is 2.92. The molecular formula is C17H16N4O3S. The number of H-pyrrole nitrogens is 1. The molecule has 0 radical (unpaired) electrons. The third-order valence-corrected chi connectivity index (χ3v) is 4.40. The normalized spacial score (nSPS) is 12.5. The smallest absolute Gasteiger partial charge is 0.253 e. The Bertz CT molecular complexity index is 906. The number of amides is 1. The van der Waals surface area contributed by atoms with Gasteiger partial charge in [-0.15, -0.1) is 0 Å². The summed E-state index contributed by atoms with van der Waals surface area (Å²) in [6.45, 7) is 1.75. The highest BCUT2D eigenvalue weighted by Crippen LogP contribution is 2.23. The number of phenols is 2. The Kier molecular flexibility index (Phi) is 4.90. The molecule has 7 nitrogen and oxygen atoms in total. The number of nitrogens with zero attached hydrogens (tertiary/aromatic N) is 2. The molecule has 0 spiro atoms. The number of fused-ring (bicyclic) bond motifs is 1. The molecule has 3 aromatic rings. The topological polar surface area (TPSA) is 111 Å². The first-order valence-electron chi connectivity index (χ1n) is 7.49. The molecule has 4 N–H and O–H groups in total. The molecule has 0 unspecified atom stereocenters. The molecule has 2 aromatic carbocycles. The largest absolute Gasteiger partial charge is 0.508 e. The minimum absolute atomic E-state index is 0.0467. The van der Waals surface area contributed by atoms with Gasteiger partial charge in [-0.05, 0) is 31.2 Å². The van der Waals surface area contributed by atoms with Crippen LogP contribution in [0.25, 0.3) is 11.0 Å². The van der Waals surface area contributed by atoms with E-state index in [1.165, 1.54) is 36.2 Å². The van der Waals surface area contributed by atoms with Gasteiger partial charge >= 0.3 is 0 Å². The fourth-order valence-electron chi connectivity index (χ4n) is 2.10. The van der Waals surface area contributed by atoms with Crippen molar-refractivity contribution in [3.05, 3.63) is 48.0 Å². The van der Waals surface area contributed by atoms with Crippen molar-refractivity contribution in [2.45, 2.75) is 17.3 Å². The maximum atomic E-state index is 12.1. The van der Waals surface area contributed by atoms with E-state index in [0.717, 1.165) is 11.0 Å². The predicted molar refractivity (Wildman–Crippen MR) is 96.9 cm³/mol. The van der Waals surface area contributed by atoms with Gasteiger partial charge in [0.1, 0.15) is 11.5 Å². The molecular weight excluding hydrogens is 340 g/mol. The summed E-state index contributed by atoms with van der Waals surface area (Å²) >= 11 is 1.29. The van der Waals surface area contributed by atoms with Crippen LogP contribution < -0.4 is 5.43 Å². The van der Waals surface area contributed by atoms with Crippen LogP contribution in [-0.4, -0.2) is 37.6 Å². The highest BCUT2D eigenvalue weighted by Gasteiger charge is 2.16. The monoisotopic (exact) mass is 356 g/mol. The zero-order valence-electron chi connectivity index (χ0n) is 13.3. The van der Waals surface area contributed by atoms with Gasteiger partial charge in [-0.2, -0.15) is 5.10 Å². The van der Waals surface area contributed by atoms with Gasteiger partial charge in [0.15, 0.2) is 5.16 Å². The van der Waals surface area contributed by atoms with Crippen LogP contribution in [-0.2, 0) is 4.79 Å². The van der Waals surface area contributed by atoms with Crippen molar-refractivity contribution in [2.75, 3.05) is 0 Å². The number of aromatic hydroxyl groups is 2. The molecule has 0 aliphatic heterocycles. The van der Waals surface area contributed by atoms with Crippen LogP contribution in [0.15, 0.2) is 52.7 Å². The Morgan fingerprint density at radius 1 is 1.32 bits per heavy atom. The molecule has 1 amide bonds. The second-order valence-corrected chi connectivity index (χ2v) is 6.63. The number of carbonyl (C=O) groups is 1. The number of aromatic amines is 1. The van der Waals surface area contributed by atoms with Crippen molar-refractivity contribution in [1.82, 2.24) is 15.4 Å². The zero-order chi connectivity index (χ0) is 17.8. The number of thioether (sulfide) groups is 1.